The average molecular weight is 423 g/mol. The van der Waals surface area contributed by atoms with Gasteiger partial charge in [-0.15, -0.1) is 11.8 Å². The molecular weight excluding hydrogens is 400 g/mol. The van der Waals surface area contributed by atoms with Crippen LogP contribution in [0.2, 0.25) is 0 Å². The van der Waals surface area contributed by atoms with Gasteiger partial charge in [-0.05, 0) is 29.8 Å². The number of anilines is 1. The van der Waals surface area contributed by atoms with Crippen LogP contribution in [0.5, 0.6) is 0 Å². The number of benzene rings is 2. The molecule has 3 rings (SSSR count). The van der Waals surface area contributed by atoms with E-state index in [1.54, 1.807) is 29.2 Å². The summed E-state index contributed by atoms with van der Waals surface area (Å²) in [5.41, 5.74) is 2.00. The van der Waals surface area contributed by atoms with Crippen LogP contribution in [-0.4, -0.2) is 46.8 Å². The Morgan fingerprint density at radius 1 is 1.10 bits per heavy atom. The minimum absolute atomic E-state index is 0.139. The highest BCUT2D eigenvalue weighted by atomic mass is 32.2. The zero-order valence-electron chi connectivity index (χ0n) is 16.3. The van der Waals surface area contributed by atoms with Gasteiger partial charge in [-0.25, -0.2) is 0 Å². The molecule has 7 nitrogen and oxygen atoms in total. The zero-order valence-corrected chi connectivity index (χ0v) is 17.2. The average Bonchev–Trinajstić information content (AvgIpc) is 3.25. The zero-order chi connectivity index (χ0) is 21.3. The predicted octanol–water partition coefficient (Wildman–Crippen LogP) is 2.15. The number of nitriles is 1. The number of thioether (sulfide) groups is 1. The number of amides is 3. The monoisotopic (exact) mass is 422 g/mol. The van der Waals surface area contributed by atoms with Gasteiger partial charge in [0.05, 0.1) is 23.9 Å². The maximum absolute atomic E-state index is 12.6. The third-order valence-electron chi connectivity index (χ3n) is 4.66. The lowest BCUT2D eigenvalue weighted by Crippen LogP contribution is -2.45. The highest BCUT2D eigenvalue weighted by Gasteiger charge is 2.34. The summed E-state index contributed by atoms with van der Waals surface area (Å²) in [6, 6.07) is 17.4. The number of hydrogen-bond donors (Lipinski definition) is 2. The fourth-order valence-electron chi connectivity index (χ4n) is 3.06. The Balaban J connectivity index is 1.46. The number of nitrogens with one attached hydrogen (secondary N) is 2. The molecule has 2 N–H and O–H groups in total. The lowest BCUT2D eigenvalue weighted by molar-refractivity contribution is -0.136. The Morgan fingerprint density at radius 3 is 2.53 bits per heavy atom. The molecule has 1 fully saturated rings. The fraction of sp³-hybridized carbons (Fsp3) is 0.273. The van der Waals surface area contributed by atoms with Crippen LogP contribution in [0.1, 0.15) is 17.5 Å². The number of hydrogen-bond acceptors (Lipinski definition) is 5. The van der Waals surface area contributed by atoms with E-state index < -0.39 is 6.04 Å². The lowest BCUT2D eigenvalue weighted by atomic mass is 10.1. The first kappa shape index (κ1) is 21.4. The summed E-state index contributed by atoms with van der Waals surface area (Å²) in [5.74, 6) is 0.405. The van der Waals surface area contributed by atoms with Crippen LogP contribution < -0.4 is 10.6 Å². The normalized spacial score (nSPS) is 15.3. The van der Waals surface area contributed by atoms with Crippen LogP contribution in [0.3, 0.4) is 0 Å². The molecule has 0 saturated carbocycles. The van der Waals surface area contributed by atoms with Crippen molar-refractivity contribution in [2.75, 3.05) is 23.5 Å². The Morgan fingerprint density at radius 2 is 1.83 bits per heavy atom. The fourth-order valence-corrected chi connectivity index (χ4v) is 4.24. The molecule has 1 saturated heterocycles. The van der Waals surface area contributed by atoms with Crippen LogP contribution >= 0.6 is 11.8 Å². The van der Waals surface area contributed by atoms with Gasteiger partial charge in [0.25, 0.3) is 0 Å². The molecule has 3 amide bonds. The van der Waals surface area contributed by atoms with E-state index in [4.69, 9.17) is 5.26 Å². The predicted molar refractivity (Wildman–Crippen MR) is 116 cm³/mol. The quantitative estimate of drug-likeness (QED) is 0.712. The largest absolute Gasteiger partial charge is 0.355 e. The summed E-state index contributed by atoms with van der Waals surface area (Å²) in [6.45, 7) is 0.232. The molecule has 1 atom stereocenters. The number of carbonyl (C=O) groups is 3. The van der Waals surface area contributed by atoms with Crippen molar-refractivity contribution in [1.82, 2.24) is 10.2 Å². The van der Waals surface area contributed by atoms with Crippen molar-refractivity contribution in [1.29, 1.82) is 5.26 Å². The van der Waals surface area contributed by atoms with Crippen LogP contribution in [0.25, 0.3) is 0 Å². The highest BCUT2D eigenvalue weighted by Crippen LogP contribution is 2.23. The minimum atomic E-state index is -0.557. The van der Waals surface area contributed by atoms with Gasteiger partial charge in [-0.2, -0.15) is 5.26 Å². The molecule has 0 spiro atoms. The SMILES string of the molecule is N#Cc1ccc(NC(=O)C2CSCN2C(=O)CCNC(=O)Cc2ccccc2)cc1. The molecule has 8 heteroatoms. The summed E-state index contributed by atoms with van der Waals surface area (Å²) in [6.07, 6.45) is 0.409. The van der Waals surface area contributed by atoms with Crippen molar-refractivity contribution in [3.05, 3.63) is 65.7 Å². The van der Waals surface area contributed by atoms with Crippen molar-refractivity contribution in [2.45, 2.75) is 18.9 Å². The van der Waals surface area contributed by atoms with Crippen molar-refractivity contribution in [2.24, 2.45) is 0 Å². The summed E-state index contributed by atoms with van der Waals surface area (Å²) in [4.78, 5) is 38.8. The first-order valence-corrected chi connectivity index (χ1v) is 10.7. The molecule has 1 heterocycles. The lowest BCUT2D eigenvalue weighted by Gasteiger charge is -2.23. The van der Waals surface area contributed by atoms with Gasteiger partial charge >= 0.3 is 0 Å². The van der Waals surface area contributed by atoms with Crippen molar-refractivity contribution < 1.29 is 14.4 Å². The first-order valence-electron chi connectivity index (χ1n) is 9.55. The number of rotatable bonds is 7. The van der Waals surface area contributed by atoms with Crippen molar-refractivity contribution in [3.8, 4) is 6.07 Å². The Bertz CT molecular complexity index is 941. The maximum atomic E-state index is 12.6. The summed E-state index contributed by atoms with van der Waals surface area (Å²) < 4.78 is 0. The molecule has 1 aliphatic rings. The van der Waals surface area contributed by atoms with Gasteiger partial charge < -0.3 is 15.5 Å². The van der Waals surface area contributed by atoms with Crippen LogP contribution in [0.4, 0.5) is 5.69 Å². The van der Waals surface area contributed by atoms with E-state index >= 15 is 0 Å². The first-order chi connectivity index (χ1) is 14.6. The summed E-state index contributed by atoms with van der Waals surface area (Å²) in [5, 5.41) is 14.4. The molecule has 1 aliphatic heterocycles. The summed E-state index contributed by atoms with van der Waals surface area (Å²) in [7, 11) is 0. The van der Waals surface area contributed by atoms with Gasteiger partial charge in [0.15, 0.2) is 0 Å². The van der Waals surface area contributed by atoms with E-state index in [1.807, 2.05) is 36.4 Å². The minimum Gasteiger partial charge on any atom is -0.355 e. The van der Waals surface area contributed by atoms with E-state index in [-0.39, 0.29) is 37.1 Å². The smallest absolute Gasteiger partial charge is 0.248 e. The van der Waals surface area contributed by atoms with E-state index in [0.29, 0.717) is 22.9 Å². The maximum Gasteiger partial charge on any atom is 0.248 e. The molecule has 0 aliphatic carbocycles. The van der Waals surface area contributed by atoms with Gasteiger partial charge in [0.1, 0.15) is 6.04 Å². The van der Waals surface area contributed by atoms with Crippen LogP contribution in [0, 0.1) is 11.3 Å². The molecule has 0 bridgehead atoms. The second-order valence-electron chi connectivity index (χ2n) is 6.82. The van der Waals surface area contributed by atoms with E-state index in [2.05, 4.69) is 10.6 Å². The molecule has 154 valence electrons. The molecule has 0 aromatic heterocycles. The van der Waals surface area contributed by atoms with E-state index in [9.17, 15) is 14.4 Å². The number of nitrogens with zero attached hydrogens (tertiary/aromatic N) is 2. The Hall–Kier alpha value is -3.31. The van der Waals surface area contributed by atoms with Gasteiger partial charge in [-0.1, -0.05) is 30.3 Å². The third-order valence-corrected chi connectivity index (χ3v) is 5.67. The summed E-state index contributed by atoms with van der Waals surface area (Å²) >= 11 is 1.52. The number of carbonyl (C=O) groups excluding carboxylic acids is 3. The molecule has 1 unspecified atom stereocenters. The van der Waals surface area contributed by atoms with Gasteiger partial charge in [0, 0.05) is 24.4 Å². The van der Waals surface area contributed by atoms with E-state index in [1.165, 1.54) is 11.8 Å². The molecular formula is C22H22N4O3S. The van der Waals surface area contributed by atoms with Crippen molar-refractivity contribution in [3.63, 3.8) is 0 Å². The highest BCUT2D eigenvalue weighted by molar-refractivity contribution is 7.99. The van der Waals surface area contributed by atoms with Crippen LogP contribution in [-0.2, 0) is 20.8 Å². The second-order valence-corrected chi connectivity index (χ2v) is 7.82. The third kappa shape index (κ3) is 5.84. The molecule has 0 radical (unpaired) electrons. The second kappa shape index (κ2) is 10.5. The Kier molecular flexibility index (Phi) is 7.46. The van der Waals surface area contributed by atoms with Gasteiger partial charge in [0.2, 0.25) is 17.7 Å². The van der Waals surface area contributed by atoms with Gasteiger partial charge in [-0.3, -0.25) is 14.4 Å². The molecule has 30 heavy (non-hydrogen) atoms. The molecule has 2 aromatic carbocycles. The standard InChI is InChI=1S/C22H22N4O3S/c23-13-17-6-8-18(9-7-17)25-22(29)19-14-30-15-26(19)21(28)10-11-24-20(27)12-16-4-2-1-3-5-16/h1-9,19H,10-12,14-15H2,(H,24,27)(H,25,29). The van der Waals surface area contributed by atoms with E-state index in [0.717, 1.165) is 5.56 Å². The topological polar surface area (TPSA) is 102 Å². The van der Waals surface area contributed by atoms with Crippen molar-refractivity contribution >= 4 is 35.2 Å². The molecule has 2 aromatic rings. The Labute approximate surface area is 179 Å². The van der Waals surface area contributed by atoms with Crippen LogP contribution in [0.15, 0.2) is 54.6 Å².